The molecular weight excluding hydrogens is 359 g/mol. The van der Waals surface area contributed by atoms with Crippen LogP contribution < -0.4 is 5.84 Å². The van der Waals surface area contributed by atoms with Gasteiger partial charge in [0.25, 0.3) is 11.8 Å². The Hall–Kier alpha value is -3.35. The third kappa shape index (κ3) is 4.49. The van der Waals surface area contributed by atoms with Crippen molar-refractivity contribution in [2.75, 3.05) is 6.61 Å². The molecule has 3 aromatic rings. The highest BCUT2D eigenvalue weighted by Gasteiger charge is 2.24. The van der Waals surface area contributed by atoms with Gasteiger partial charge in [0.15, 0.2) is 0 Å². The molecule has 0 spiro atoms. The van der Waals surface area contributed by atoms with Crippen molar-refractivity contribution in [1.82, 2.24) is 5.01 Å². The maximum Gasteiger partial charge on any atom is 0.277 e. The molecule has 3 rings (SSSR count). The molecule has 0 aliphatic heterocycles. The van der Waals surface area contributed by atoms with Crippen molar-refractivity contribution >= 4 is 11.8 Å². The van der Waals surface area contributed by atoms with Gasteiger partial charge in [-0.25, -0.2) is 15.2 Å². The third-order valence-electron chi connectivity index (χ3n) is 4.17. The summed E-state index contributed by atoms with van der Waals surface area (Å²) in [5.41, 5.74) is 1.43. The van der Waals surface area contributed by atoms with E-state index in [-0.39, 0.29) is 5.56 Å². The van der Waals surface area contributed by atoms with E-state index in [0.29, 0.717) is 5.01 Å². The van der Waals surface area contributed by atoms with Gasteiger partial charge in [0, 0.05) is 0 Å². The molecule has 5 nitrogen and oxygen atoms in total. The van der Waals surface area contributed by atoms with Crippen molar-refractivity contribution < 1.29 is 18.7 Å². The fraction of sp³-hybridized carbons (Fsp3) is 0.0909. The van der Waals surface area contributed by atoms with Gasteiger partial charge in [-0.15, -0.1) is 0 Å². The summed E-state index contributed by atoms with van der Waals surface area (Å²) >= 11 is 0. The van der Waals surface area contributed by atoms with Crippen LogP contribution in [0.3, 0.4) is 0 Å². The highest BCUT2D eigenvalue weighted by molar-refractivity contribution is 6.04. The number of ether oxygens (including phenoxy) is 1. The molecule has 0 saturated heterocycles. The van der Waals surface area contributed by atoms with Crippen molar-refractivity contribution in [3.8, 4) is 0 Å². The van der Waals surface area contributed by atoms with Crippen LogP contribution in [-0.4, -0.2) is 23.4 Å². The molecule has 0 radical (unpaired) electrons. The van der Waals surface area contributed by atoms with Gasteiger partial charge in [0.2, 0.25) is 0 Å². The first-order chi connectivity index (χ1) is 13.6. The molecule has 28 heavy (non-hydrogen) atoms. The second-order valence-electron chi connectivity index (χ2n) is 6.06. The lowest BCUT2D eigenvalue weighted by Crippen LogP contribution is -2.45. The first kappa shape index (κ1) is 19.4. The van der Waals surface area contributed by atoms with E-state index >= 15 is 0 Å². The van der Waals surface area contributed by atoms with Crippen molar-refractivity contribution in [2.24, 2.45) is 5.84 Å². The number of carbonyl (C=O) groups is 2. The molecule has 3 aromatic carbocycles. The lowest BCUT2D eigenvalue weighted by molar-refractivity contribution is -0.135. The van der Waals surface area contributed by atoms with Crippen LogP contribution in [0.15, 0.2) is 84.9 Å². The van der Waals surface area contributed by atoms with Gasteiger partial charge >= 0.3 is 0 Å². The Labute approximate surface area is 162 Å². The minimum absolute atomic E-state index is 0.277. The van der Waals surface area contributed by atoms with Gasteiger partial charge in [-0.2, -0.15) is 0 Å². The van der Waals surface area contributed by atoms with E-state index in [4.69, 9.17) is 10.6 Å². The third-order valence-corrected chi connectivity index (χ3v) is 4.17. The van der Waals surface area contributed by atoms with Gasteiger partial charge in [0.05, 0.1) is 5.56 Å². The molecule has 0 saturated carbocycles. The molecule has 2 amide bonds. The summed E-state index contributed by atoms with van der Waals surface area (Å²) < 4.78 is 19.6. The second-order valence-corrected chi connectivity index (χ2v) is 6.06. The maximum atomic E-state index is 13.8. The molecule has 0 aliphatic rings. The Morgan fingerprint density at radius 2 is 1.36 bits per heavy atom. The summed E-state index contributed by atoms with van der Waals surface area (Å²) in [6, 6.07) is 24.1. The van der Waals surface area contributed by atoms with Crippen molar-refractivity contribution in [3.63, 3.8) is 0 Å². The van der Waals surface area contributed by atoms with E-state index in [0.717, 1.165) is 17.2 Å². The van der Waals surface area contributed by atoms with Crippen LogP contribution in [0.4, 0.5) is 4.39 Å². The predicted octanol–water partition coefficient (Wildman–Crippen LogP) is 3.47. The van der Waals surface area contributed by atoms with Gasteiger partial charge < -0.3 is 4.74 Å². The highest BCUT2D eigenvalue weighted by atomic mass is 19.1. The molecule has 0 bridgehead atoms. The van der Waals surface area contributed by atoms with Gasteiger partial charge in [0.1, 0.15) is 18.5 Å². The van der Waals surface area contributed by atoms with E-state index in [2.05, 4.69) is 0 Å². The average molecular weight is 378 g/mol. The van der Waals surface area contributed by atoms with E-state index < -0.39 is 30.3 Å². The monoisotopic (exact) mass is 378 g/mol. The zero-order valence-corrected chi connectivity index (χ0v) is 15.0. The second kappa shape index (κ2) is 9.03. The summed E-state index contributed by atoms with van der Waals surface area (Å²) in [4.78, 5) is 24.6. The van der Waals surface area contributed by atoms with Crippen LogP contribution in [0.1, 0.15) is 27.6 Å². The number of imide groups is 1. The van der Waals surface area contributed by atoms with Crippen LogP contribution in [-0.2, 0) is 9.53 Å². The molecule has 0 atom stereocenters. The Bertz CT molecular complexity index is 909. The number of hydrazine groups is 1. The largest absolute Gasteiger partial charge is 0.359 e. The predicted molar refractivity (Wildman–Crippen MR) is 102 cm³/mol. The number of halogens is 1. The Morgan fingerprint density at radius 3 is 1.89 bits per heavy atom. The van der Waals surface area contributed by atoms with Gasteiger partial charge in [-0.05, 0) is 23.3 Å². The standard InChI is InChI=1S/C22H19FN2O3/c23-19-14-8-7-13-18(19)22(27)25(24)20(26)15-28-21(16-9-3-1-4-10-16)17-11-5-2-6-12-17/h1-14,21H,15,24H2. The number of rotatable bonds is 6. The molecular formula is C22H19FN2O3. The molecule has 142 valence electrons. The number of hydrogen-bond acceptors (Lipinski definition) is 4. The fourth-order valence-corrected chi connectivity index (χ4v) is 2.74. The maximum absolute atomic E-state index is 13.8. The smallest absolute Gasteiger partial charge is 0.277 e. The van der Waals surface area contributed by atoms with Crippen LogP contribution in [0.25, 0.3) is 0 Å². The Morgan fingerprint density at radius 1 is 0.857 bits per heavy atom. The number of hydrogen-bond donors (Lipinski definition) is 1. The first-order valence-electron chi connectivity index (χ1n) is 8.66. The lowest BCUT2D eigenvalue weighted by atomic mass is 10.0. The molecule has 2 N–H and O–H groups in total. The van der Waals surface area contributed by atoms with Crippen molar-refractivity contribution in [3.05, 3.63) is 107 Å². The van der Waals surface area contributed by atoms with Crippen molar-refractivity contribution in [1.29, 1.82) is 0 Å². The Balaban J connectivity index is 1.73. The number of nitrogens with zero attached hydrogens (tertiary/aromatic N) is 1. The zero-order valence-electron chi connectivity index (χ0n) is 15.0. The molecule has 0 heterocycles. The quantitative estimate of drug-likeness (QED) is 0.405. The minimum Gasteiger partial charge on any atom is -0.359 e. The summed E-state index contributed by atoms with van der Waals surface area (Å²) in [6.45, 7) is -0.439. The summed E-state index contributed by atoms with van der Waals surface area (Å²) in [5, 5.41) is 0.380. The summed E-state index contributed by atoms with van der Waals surface area (Å²) in [5.74, 6) is 3.16. The lowest BCUT2D eigenvalue weighted by Gasteiger charge is -2.21. The zero-order chi connectivity index (χ0) is 19.9. The van der Waals surface area contributed by atoms with Crippen LogP contribution in [0.2, 0.25) is 0 Å². The molecule has 0 aliphatic carbocycles. The molecule has 0 unspecified atom stereocenters. The summed E-state index contributed by atoms with van der Waals surface area (Å²) in [7, 11) is 0. The average Bonchev–Trinajstić information content (AvgIpc) is 2.74. The SMILES string of the molecule is NN(C(=O)COC(c1ccccc1)c1ccccc1)C(=O)c1ccccc1F. The van der Waals surface area contributed by atoms with Crippen LogP contribution in [0, 0.1) is 5.82 Å². The molecule has 0 aromatic heterocycles. The number of carbonyl (C=O) groups excluding carboxylic acids is 2. The molecule has 6 heteroatoms. The Kier molecular flexibility index (Phi) is 6.26. The van der Waals surface area contributed by atoms with Crippen LogP contribution >= 0.6 is 0 Å². The normalized spacial score (nSPS) is 10.7. The number of benzene rings is 3. The van der Waals surface area contributed by atoms with E-state index in [9.17, 15) is 14.0 Å². The van der Waals surface area contributed by atoms with Crippen LogP contribution in [0.5, 0.6) is 0 Å². The van der Waals surface area contributed by atoms with E-state index in [1.165, 1.54) is 18.2 Å². The minimum atomic E-state index is -0.928. The number of nitrogens with two attached hydrogens (primary N) is 1. The number of amides is 2. The van der Waals surface area contributed by atoms with E-state index in [1.807, 2.05) is 60.7 Å². The highest BCUT2D eigenvalue weighted by Crippen LogP contribution is 2.25. The van der Waals surface area contributed by atoms with Gasteiger partial charge in [-0.3, -0.25) is 9.59 Å². The topological polar surface area (TPSA) is 72.6 Å². The van der Waals surface area contributed by atoms with Crippen molar-refractivity contribution in [2.45, 2.75) is 6.10 Å². The molecule has 0 fully saturated rings. The first-order valence-corrected chi connectivity index (χ1v) is 8.66. The van der Waals surface area contributed by atoms with E-state index in [1.54, 1.807) is 0 Å². The fourth-order valence-electron chi connectivity index (χ4n) is 2.74. The summed E-state index contributed by atoms with van der Waals surface area (Å²) in [6.07, 6.45) is -0.511. The van der Waals surface area contributed by atoms with Gasteiger partial charge in [-0.1, -0.05) is 72.8 Å².